The van der Waals surface area contributed by atoms with Crippen molar-refractivity contribution in [3.63, 3.8) is 0 Å². The van der Waals surface area contributed by atoms with E-state index in [0.29, 0.717) is 0 Å². The first-order valence-electron chi connectivity index (χ1n) is 2.69. The van der Waals surface area contributed by atoms with Gasteiger partial charge in [0.1, 0.15) is 0 Å². The van der Waals surface area contributed by atoms with Gasteiger partial charge in [-0.1, -0.05) is 0 Å². The first kappa shape index (κ1) is 4.43. The second-order valence-corrected chi connectivity index (χ2v) is 1.76. The first-order valence-corrected chi connectivity index (χ1v) is 2.69. The van der Waals surface area contributed by atoms with E-state index in [2.05, 4.69) is 16.1 Å². The monoisotopic (exact) mass is 122 g/mol. The smallest absolute Gasteiger partial charge is 0.0880 e. The molecule has 0 bridgehead atoms. The molecule has 0 unspecified atom stereocenters. The Morgan fingerprint density at radius 2 is 2.56 bits per heavy atom. The fourth-order valence-corrected chi connectivity index (χ4v) is 0.759. The number of aromatic nitrogens is 2. The van der Waals surface area contributed by atoms with E-state index < -0.39 is 0 Å². The predicted octanol–water partition coefficient (Wildman–Crippen LogP) is -0.0845. The minimum Gasteiger partial charge on any atom is -0.292 e. The molecule has 0 aliphatic carbocycles. The van der Waals surface area contributed by atoms with Crippen LogP contribution in [0.1, 0.15) is 5.69 Å². The molecule has 4 heteroatoms. The third kappa shape index (κ3) is 0.561. The van der Waals surface area contributed by atoms with Crippen molar-refractivity contribution in [2.45, 2.75) is 0 Å². The van der Waals surface area contributed by atoms with E-state index in [9.17, 15) is 0 Å². The number of fused-ring (bicyclic) bond motifs is 1. The van der Waals surface area contributed by atoms with Crippen molar-refractivity contribution >= 4 is 6.08 Å². The standard InChI is InChI=1S/C5H6N4/c1-3-6-8-9-5(1)2-4-7-9/h1-4,6,8H. The zero-order chi connectivity index (χ0) is 6.10. The average Bonchev–Trinajstić information content (AvgIpc) is 2.33. The van der Waals surface area contributed by atoms with Gasteiger partial charge < -0.3 is 0 Å². The molecule has 1 aromatic heterocycles. The molecule has 0 atom stereocenters. The van der Waals surface area contributed by atoms with Gasteiger partial charge in [-0.2, -0.15) is 9.89 Å². The molecule has 0 saturated heterocycles. The Morgan fingerprint density at radius 1 is 1.56 bits per heavy atom. The summed E-state index contributed by atoms with van der Waals surface area (Å²) in [5.74, 6) is 0. The summed E-state index contributed by atoms with van der Waals surface area (Å²) >= 11 is 0. The molecule has 1 aromatic rings. The van der Waals surface area contributed by atoms with Gasteiger partial charge in [0.25, 0.3) is 0 Å². The van der Waals surface area contributed by atoms with Crippen LogP contribution in [0.4, 0.5) is 0 Å². The summed E-state index contributed by atoms with van der Waals surface area (Å²) in [6.45, 7) is 0. The van der Waals surface area contributed by atoms with Crippen LogP contribution in [-0.4, -0.2) is 9.89 Å². The minimum atomic E-state index is 1.05. The Kier molecular flexibility index (Phi) is 0.745. The fraction of sp³-hybridized carbons (Fsp3) is 0. The second-order valence-electron chi connectivity index (χ2n) is 1.76. The molecule has 2 rings (SSSR count). The van der Waals surface area contributed by atoms with Crippen LogP contribution >= 0.6 is 0 Å². The van der Waals surface area contributed by atoms with Crippen molar-refractivity contribution < 1.29 is 0 Å². The Balaban J connectivity index is 2.53. The lowest BCUT2D eigenvalue weighted by atomic mass is 10.4. The zero-order valence-electron chi connectivity index (χ0n) is 4.70. The van der Waals surface area contributed by atoms with E-state index in [4.69, 9.17) is 0 Å². The quantitative estimate of drug-likeness (QED) is 0.505. The van der Waals surface area contributed by atoms with Gasteiger partial charge in [0.15, 0.2) is 0 Å². The summed E-state index contributed by atoms with van der Waals surface area (Å²) < 4.78 is 0. The molecule has 0 radical (unpaired) electrons. The number of nitrogens with zero attached hydrogens (tertiary/aromatic N) is 2. The molecule has 1 aliphatic rings. The van der Waals surface area contributed by atoms with Gasteiger partial charge in [-0.3, -0.25) is 5.43 Å². The molecule has 0 aromatic carbocycles. The van der Waals surface area contributed by atoms with Gasteiger partial charge in [0.05, 0.1) is 11.9 Å². The highest BCUT2D eigenvalue weighted by molar-refractivity contribution is 5.45. The van der Waals surface area contributed by atoms with Crippen molar-refractivity contribution in [2.24, 2.45) is 0 Å². The highest BCUT2D eigenvalue weighted by Gasteiger charge is 1.98. The molecule has 0 spiro atoms. The second kappa shape index (κ2) is 1.51. The van der Waals surface area contributed by atoms with E-state index in [-0.39, 0.29) is 0 Å². The van der Waals surface area contributed by atoms with Crippen LogP contribution in [0.15, 0.2) is 18.5 Å². The molecule has 0 fully saturated rings. The maximum Gasteiger partial charge on any atom is 0.0880 e. The van der Waals surface area contributed by atoms with Gasteiger partial charge in [-0.25, -0.2) is 5.53 Å². The van der Waals surface area contributed by atoms with Crippen molar-refractivity contribution in [1.29, 1.82) is 0 Å². The van der Waals surface area contributed by atoms with Crippen LogP contribution < -0.4 is 11.0 Å². The van der Waals surface area contributed by atoms with Gasteiger partial charge in [-0.15, -0.1) is 0 Å². The van der Waals surface area contributed by atoms with Crippen molar-refractivity contribution in [3.05, 3.63) is 24.2 Å². The molecule has 1 aliphatic heterocycles. The van der Waals surface area contributed by atoms with E-state index in [1.54, 1.807) is 11.0 Å². The largest absolute Gasteiger partial charge is 0.292 e. The van der Waals surface area contributed by atoms with Crippen LogP contribution in [0, 0.1) is 0 Å². The van der Waals surface area contributed by atoms with Gasteiger partial charge in [0.2, 0.25) is 0 Å². The molecule has 46 valence electrons. The first-order chi connectivity index (χ1) is 4.47. The van der Waals surface area contributed by atoms with Crippen molar-refractivity contribution in [3.8, 4) is 0 Å². The van der Waals surface area contributed by atoms with E-state index in [1.165, 1.54) is 0 Å². The van der Waals surface area contributed by atoms with Gasteiger partial charge in [-0.05, 0) is 12.1 Å². The molecule has 2 heterocycles. The fourth-order valence-electron chi connectivity index (χ4n) is 0.759. The third-order valence-corrected chi connectivity index (χ3v) is 1.18. The zero-order valence-corrected chi connectivity index (χ0v) is 4.70. The maximum absolute atomic E-state index is 3.95. The number of hydrazine groups is 1. The maximum atomic E-state index is 3.95. The van der Waals surface area contributed by atoms with E-state index >= 15 is 0 Å². The minimum absolute atomic E-state index is 1.05. The predicted molar refractivity (Wildman–Crippen MR) is 33.8 cm³/mol. The molecular weight excluding hydrogens is 116 g/mol. The lowest BCUT2D eigenvalue weighted by Crippen LogP contribution is -2.30. The molecule has 9 heavy (non-hydrogen) atoms. The number of hydrogen-bond acceptors (Lipinski definition) is 3. The lowest BCUT2D eigenvalue weighted by Gasteiger charge is -2.10. The summed E-state index contributed by atoms with van der Waals surface area (Å²) in [4.78, 5) is 1.65. The Morgan fingerprint density at radius 3 is 3.44 bits per heavy atom. The van der Waals surface area contributed by atoms with Gasteiger partial charge >= 0.3 is 0 Å². The summed E-state index contributed by atoms with van der Waals surface area (Å²) in [5.41, 5.74) is 6.66. The molecular formula is C5H6N4. The molecule has 4 nitrogen and oxygen atoms in total. The van der Waals surface area contributed by atoms with Gasteiger partial charge in [0, 0.05) is 6.20 Å². The Hall–Kier alpha value is -1.45. The summed E-state index contributed by atoms with van der Waals surface area (Å²) in [7, 11) is 0. The lowest BCUT2D eigenvalue weighted by molar-refractivity contribution is 0.680. The topological polar surface area (TPSA) is 41.9 Å². The normalized spacial score (nSPS) is 13.8. The number of rotatable bonds is 0. The average molecular weight is 122 g/mol. The van der Waals surface area contributed by atoms with Crippen LogP contribution in [0.2, 0.25) is 0 Å². The van der Waals surface area contributed by atoms with E-state index in [1.807, 2.05) is 18.3 Å². The van der Waals surface area contributed by atoms with Crippen molar-refractivity contribution in [1.82, 2.24) is 15.3 Å². The summed E-state index contributed by atoms with van der Waals surface area (Å²) in [6, 6.07) is 1.92. The molecule has 0 saturated carbocycles. The highest BCUT2D eigenvalue weighted by Crippen LogP contribution is 1.99. The Bertz CT molecular complexity index is 237. The number of hydrogen-bond donors (Lipinski definition) is 2. The van der Waals surface area contributed by atoms with Crippen molar-refractivity contribution in [2.75, 3.05) is 5.53 Å². The Labute approximate surface area is 52.1 Å². The van der Waals surface area contributed by atoms with Crippen LogP contribution in [0.25, 0.3) is 6.08 Å². The van der Waals surface area contributed by atoms with E-state index in [0.717, 1.165) is 5.69 Å². The third-order valence-electron chi connectivity index (χ3n) is 1.18. The summed E-state index contributed by atoms with van der Waals surface area (Å²) in [6.07, 6.45) is 5.49. The SMILES string of the molecule is C1=Cc2ccnn2NN1. The van der Waals surface area contributed by atoms with Crippen LogP contribution in [-0.2, 0) is 0 Å². The van der Waals surface area contributed by atoms with Crippen LogP contribution in [0.5, 0.6) is 0 Å². The highest BCUT2D eigenvalue weighted by atomic mass is 15.7. The molecule has 2 N–H and O–H groups in total. The van der Waals surface area contributed by atoms with Crippen LogP contribution in [0.3, 0.4) is 0 Å². The summed E-state index contributed by atoms with van der Waals surface area (Å²) in [5, 5.41) is 3.95. The molecule has 0 amide bonds. The number of nitrogens with one attached hydrogen (secondary N) is 2.